The van der Waals surface area contributed by atoms with E-state index in [1.54, 1.807) is 0 Å². The number of nitrogens with one attached hydrogen (secondary N) is 2. The zero-order chi connectivity index (χ0) is 12.4. The van der Waals surface area contributed by atoms with E-state index in [-0.39, 0.29) is 0 Å². The van der Waals surface area contributed by atoms with Crippen LogP contribution in [0.4, 0.5) is 0 Å². The Bertz CT molecular complexity index is 383. The predicted molar refractivity (Wildman–Crippen MR) is 78.5 cm³/mol. The van der Waals surface area contributed by atoms with Crippen molar-refractivity contribution in [3.8, 4) is 0 Å². The van der Waals surface area contributed by atoms with Gasteiger partial charge in [-0.05, 0) is 43.8 Å². The van der Waals surface area contributed by atoms with Crippen LogP contribution in [0.1, 0.15) is 44.9 Å². The molecule has 0 spiro atoms. The first-order valence-electron chi connectivity index (χ1n) is 7.12. The molecule has 0 aromatic rings. The molecule has 18 heavy (non-hydrogen) atoms. The summed E-state index contributed by atoms with van der Waals surface area (Å²) in [4.78, 5) is 0. The van der Waals surface area contributed by atoms with Crippen molar-refractivity contribution < 1.29 is 0 Å². The van der Waals surface area contributed by atoms with Crippen molar-refractivity contribution in [1.82, 2.24) is 10.7 Å². The zero-order valence-corrected chi connectivity index (χ0v) is 11.5. The average Bonchev–Trinajstić information content (AvgIpc) is 2.72. The van der Waals surface area contributed by atoms with Gasteiger partial charge in [-0.1, -0.05) is 31.4 Å². The summed E-state index contributed by atoms with van der Waals surface area (Å²) in [5.41, 5.74) is 4.31. The van der Waals surface area contributed by atoms with Gasteiger partial charge in [0.2, 0.25) is 0 Å². The summed E-state index contributed by atoms with van der Waals surface area (Å²) in [5.74, 6) is 1.42. The smallest absolute Gasteiger partial charge is 0.187 e. The van der Waals surface area contributed by atoms with E-state index < -0.39 is 0 Å². The lowest BCUT2D eigenvalue weighted by Crippen LogP contribution is -2.42. The first kappa shape index (κ1) is 12.2. The summed E-state index contributed by atoms with van der Waals surface area (Å²) in [5, 5.41) is 8.54. The molecule has 2 N–H and O–H groups in total. The minimum Gasteiger partial charge on any atom is -0.359 e. The summed E-state index contributed by atoms with van der Waals surface area (Å²) < 4.78 is 0. The van der Waals surface area contributed by atoms with Crippen LogP contribution in [0.15, 0.2) is 17.3 Å². The molecule has 4 heteroatoms. The molecule has 3 aliphatic carbocycles. The second-order valence-electron chi connectivity index (χ2n) is 5.66. The Morgan fingerprint density at radius 1 is 1.28 bits per heavy atom. The monoisotopic (exact) mass is 263 g/mol. The lowest BCUT2D eigenvalue weighted by molar-refractivity contribution is 0.412. The molecule has 3 nitrogen and oxygen atoms in total. The summed E-state index contributed by atoms with van der Waals surface area (Å²) in [7, 11) is 0. The third-order valence-electron chi connectivity index (χ3n) is 4.40. The number of hydrogen-bond acceptors (Lipinski definition) is 2. The van der Waals surface area contributed by atoms with Crippen molar-refractivity contribution >= 4 is 23.0 Å². The minimum absolute atomic E-state index is 0.557. The summed E-state index contributed by atoms with van der Waals surface area (Å²) in [6, 6.07) is 0.557. The maximum atomic E-state index is 5.30. The maximum absolute atomic E-state index is 5.30. The molecule has 0 saturated heterocycles. The minimum atomic E-state index is 0.557. The van der Waals surface area contributed by atoms with Crippen LogP contribution in [-0.2, 0) is 0 Å². The Balaban J connectivity index is 1.43. The summed E-state index contributed by atoms with van der Waals surface area (Å²) in [6.45, 7) is 0. The first-order chi connectivity index (χ1) is 8.83. The molecule has 2 saturated carbocycles. The van der Waals surface area contributed by atoms with Crippen LogP contribution in [0, 0.1) is 11.8 Å². The number of nitrogens with zero attached hydrogens (tertiary/aromatic N) is 1. The number of fused-ring (bicyclic) bond motifs is 1. The average molecular weight is 263 g/mol. The Hall–Kier alpha value is -0.900. The number of hydrazone groups is 1. The van der Waals surface area contributed by atoms with Gasteiger partial charge in [0.15, 0.2) is 5.11 Å². The van der Waals surface area contributed by atoms with Crippen molar-refractivity contribution in [2.24, 2.45) is 16.9 Å². The van der Waals surface area contributed by atoms with Gasteiger partial charge in [-0.3, -0.25) is 5.43 Å². The Morgan fingerprint density at radius 3 is 2.89 bits per heavy atom. The van der Waals surface area contributed by atoms with Gasteiger partial charge in [-0.25, -0.2) is 0 Å². The molecule has 0 aliphatic heterocycles. The molecule has 0 bridgehead atoms. The fraction of sp³-hybridized carbons (Fsp3) is 0.714. The first-order valence-corrected chi connectivity index (χ1v) is 7.53. The quantitative estimate of drug-likeness (QED) is 0.457. The van der Waals surface area contributed by atoms with Crippen LogP contribution in [0.2, 0.25) is 0 Å². The van der Waals surface area contributed by atoms with Crippen LogP contribution >= 0.6 is 12.2 Å². The highest BCUT2D eigenvalue weighted by molar-refractivity contribution is 7.80. The highest BCUT2D eigenvalue weighted by Crippen LogP contribution is 2.39. The van der Waals surface area contributed by atoms with Crippen LogP contribution in [0.3, 0.4) is 0 Å². The van der Waals surface area contributed by atoms with Crippen LogP contribution in [0.5, 0.6) is 0 Å². The van der Waals surface area contributed by atoms with Crippen molar-refractivity contribution in [2.75, 3.05) is 0 Å². The van der Waals surface area contributed by atoms with Gasteiger partial charge in [-0.2, -0.15) is 5.10 Å². The van der Waals surface area contributed by atoms with E-state index in [2.05, 4.69) is 28.0 Å². The molecule has 98 valence electrons. The number of hydrogen-bond donors (Lipinski definition) is 2. The van der Waals surface area contributed by atoms with E-state index in [0.29, 0.717) is 17.1 Å². The SMILES string of the molecule is S=C(NN=C1CC2C=CCC12)NC1CCCCC1. The number of thiocarbonyl (C=S) groups is 1. The van der Waals surface area contributed by atoms with Gasteiger partial charge in [0.25, 0.3) is 0 Å². The molecule has 2 fully saturated rings. The second-order valence-corrected chi connectivity index (χ2v) is 6.07. The zero-order valence-electron chi connectivity index (χ0n) is 10.7. The second kappa shape index (κ2) is 5.39. The molecule has 2 unspecified atom stereocenters. The Kier molecular flexibility index (Phi) is 3.64. The lowest BCUT2D eigenvalue weighted by Gasteiger charge is -2.32. The van der Waals surface area contributed by atoms with E-state index in [0.717, 1.165) is 18.8 Å². The fourth-order valence-electron chi connectivity index (χ4n) is 3.25. The van der Waals surface area contributed by atoms with Crippen molar-refractivity contribution in [2.45, 2.75) is 51.0 Å². The summed E-state index contributed by atoms with van der Waals surface area (Å²) >= 11 is 5.30. The topological polar surface area (TPSA) is 36.4 Å². The molecule has 0 heterocycles. The summed E-state index contributed by atoms with van der Waals surface area (Å²) in [6.07, 6.45) is 13.4. The van der Waals surface area contributed by atoms with Crippen LogP contribution in [-0.4, -0.2) is 16.9 Å². The molecular weight excluding hydrogens is 242 g/mol. The predicted octanol–water partition coefficient (Wildman–Crippen LogP) is 2.74. The maximum Gasteiger partial charge on any atom is 0.187 e. The van der Waals surface area contributed by atoms with Gasteiger partial charge < -0.3 is 5.32 Å². The van der Waals surface area contributed by atoms with Crippen LogP contribution < -0.4 is 10.7 Å². The van der Waals surface area contributed by atoms with Crippen molar-refractivity contribution in [1.29, 1.82) is 0 Å². The number of rotatable bonds is 2. The molecule has 3 aliphatic rings. The van der Waals surface area contributed by atoms with E-state index in [4.69, 9.17) is 12.2 Å². The highest BCUT2D eigenvalue weighted by atomic mass is 32.1. The van der Waals surface area contributed by atoms with Gasteiger partial charge in [-0.15, -0.1) is 0 Å². The van der Waals surface area contributed by atoms with E-state index in [9.17, 15) is 0 Å². The molecular formula is C14H21N3S. The molecule has 0 aromatic carbocycles. The third kappa shape index (κ3) is 2.58. The molecule has 0 radical (unpaired) electrons. The molecule has 0 aromatic heterocycles. The molecule has 0 amide bonds. The van der Waals surface area contributed by atoms with Gasteiger partial charge >= 0.3 is 0 Å². The largest absolute Gasteiger partial charge is 0.359 e. The van der Waals surface area contributed by atoms with Gasteiger partial charge in [0.05, 0.1) is 0 Å². The van der Waals surface area contributed by atoms with E-state index in [1.807, 2.05) is 0 Å². The standard InChI is InChI=1S/C14H21N3S/c18-14(15-11-6-2-1-3-7-11)17-16-13-9-10-5-4-8-12(10)13/h4-5,10-12H,1-3,6-9H2,(H2,15,17,18). The molecule has 2 atom stereocenters. The Morgan fingerprint density at radius 2 is 2.11 bits per heavy atom. The van der Waals surface area contributed by atoms with Crippen molar-refractivity contribution in [3.05, 3.63) is 12.2 Å². The lowest BCUT2D eigenvalue weighted by atomic mass is 9.74. The van der Waals surface area contributed by atoms with E-state index in [1.165, 1.54) is 37.8 Å². The molecule has 3 rings (SSSR count). The Labute approximate surface area is 114 Å². The third-order valence-corrected chi connectivity index (χ3v) is 4.61. The van der Waals surface area contributed by atoms with Crippen molar-refractivity contribution in [3.63, 3.8) is 0 Å². The number of allylic oxidation sites excluding steroid dienone is 2. The van der Waals surface area contributed by atoms with Crippen LogP contribution in [0.25, 0.3) is 0 Å². The highest BCUT2D eigenvalue weighted by Gasteiger charge is 2.37. The van der Waals surface area contributed by atoms with Gasteiger partial charge in [0, 0.05) is 17.7 Å². The normalized spacial score (nSPS) is 33.0. The van der Waals surface area contributed by atoms with E-state index >= 15 is 0 Å². The van der Waals surface area contributed by atoms with Gasteiger partial charge in [0.1, 0.15) is 0 Å². The fourth-order valence-corrected chi connectivity index (χ4v) is 3.46.